The molecule has 1 aromatic rings. The van der Waals surface area contributed by atoms with E-state index in [-0.39, 0.29) is 13.1 Å². The Kier molecular flexibility index (Phi) is 4.10. The van der Waals surface area contributed by atoms with Gasteiger partial charge in [0.2, 0.25) is 0 Å². The summed E-state index contributed by atoms with van der Waals surface area (Å²) in [7, 11) is 1.43. The highest BCUT2D eigenvalue weighted by molar-refractivity contribution is 6.32. The number of benzene rings is 1. The molecule has 1 saturated heterocycles. The lowest BCUT2D eigenvalue weighted by Gasteiger charge is -2.38. The van der Waals surface area contributed by atoms with E-state index in [0.717, 1.165) is 0 Å². The van der Waals surface area contributed by atoms with Gasteiger partial charge in [0.15, 0.2) is 0 Å². The molecule has 1 fully saturated rings. The van der Waals surface area contributed by atoms with Crippen LogP contribution in [0.1, 0.15) is 0 Å². The molecule has 0 aromatic heterocycles. The zero-order valence-electron chi connectivity index (χ0n) is 10.3. The largest absolute Gasteiger partial charge is 0.495 e. The van der Waals surface area contributed by atoms with Crippen LogP contribution < -0.4 is 15.0 Å². The maximum absolute atomic E-state index is 13.0. The Morgan fingerprint density at radius 3 is 2.79 bits per heavy atom. The summed E-state index contributed by atoms with van der Waals surface area (Å²) in [6.45, 7) is 0.681. The van der Waals surface area contributed by atoms with Gasteiger partial charge in [-0.2, -0.15) is 13.2 Å². The molecule has 19 heavy (non-hydrogen) atoms. The van der Waals surface area contributed by atoms with E-state index < -0.39 is 12.2 Å². The number of methoxy groups -OCH3 is 1. The average Bonchev–Trinajstić information content (AvgIpc) is 2.38. The molecule has 1 aliphatic heterocycles. The Labute approximate surface area is 114 Å². The first kappa shape index (κ1) is 14.3. The van der Waals surface area contributed by atoms with Gasteiger partial charge >= 0.3 is 6.18 Å². The standard InChI is InChI=1S/C12H14ClF3N2O/c1-19-10-6-8(2-3-9(10)13)18-5-4-17-7-11(18)12(14,15)16/h2-3,6,11,17H,4-5,7H2,1H3. The minimum absolute atomic E-state index is 0.117. The number of nitrogens with zero attached hydrogens (tertiary/aromatic N) is 1. The molecule has 1 atom stereocenters. The molecule has 3 nitrogen and oxygen atoms in total. The highest BCUT2D eigenvalue weighted by Gasteiger charge is 2.44. The Morgan fingerprint density at radius 2 is 2.16 bits per heavy atom. The van der Waals surface area contributed by atoms with E-state index in [1.54, 1.807) is 12.1 Å². The second-order valence-electron chi connectivity index (χ2n) is 4.27. The Hall–Kier alpha value is -1.14. The van der Waals surface area contributed by atoms with Gasteiger partial charge in [-0.3, -0.25) is 0 Å². The molecule has 1 aromatic carbocycles. The van der Waals surface area contributed by atoms with E-state index in [4.69, 9.17) is 16.3 Å². The minimum Gasteiger partial charge on any atom is -0.495 e. The number of hydrogen-bond acceptors (Lipinski definition) is 3. The SMILES string of the molecule is COc1cc(N2CCNCC2C(F)(F)F)ccc1Cl. The van der Waals surface area contributed by atoms with E-state index >= 15 is 0 Å². The first-order chi connectivity index (χ1) is 8.93. The minimum atomic E-state index is -4.28. The summed E-state index contributed by atoms with van der Waals surface area (Å²) in [5, 5.41) is 3.14. The van der Waals surface area contributed by atoms with Crippen LogP contribution >= 0.6 is 11.6 Å². The highest BCUT2D eigenvalue weighted by atomic mass is 35.5. The van der Waals surface area contributed by atoms with Crippen molar-refractivity contribution in [3.8, 4) is 5.75 Å². The lowest BCUT2D eigenvalue weighted by molar-refractivity contribution is -0.149. The van der Waals surface area contributed by atoms with Gasteiger partial charge in [-0.25, -0.2) is 0 Å². The molecule has 1 N–H and O–H groups in total. The van der Waals surface area contributed by atoms with Gasteiger partial charge in [0.25, 0.3) is 0 Å². The van der Waals surface area contributed by atoms with Crippen molar-refractivity contribution in [3.05, 3.63) is 23.2 Å². The van der Waals surface area contributed by atoms with E-state index in [1.807, 2.05) is 0 Å². The molecule has 0 saturated carbocycles. The Morgan fingerprint density at radius 1 is 1.42 bits per heavy atom. The molecule has 1 unspecified atom stereocenters. The average molecular weight is 295 g/mol. The third-order valence-electron chi connectivity index (χ3n) is 3.09. The maximum Gasteiger partial charge on any atom is 0.409 e. The molecule has 0 spiro atoms. The van der Waals surface area contributed by atoms with E-state index in [1.165, 1.54) is 18.1 Å². The van der Waals surface area contributed by atoms with Gasteiger partial charge < -0.3 is 15.0 Å². The topological polar surface area (TPSA) is 24.5 Å². The summed E-state index contributed by atoms with van der Waals surface area (Å²) in [6, 6.07) is 3.12. The number of alkyl halides is 3. The van der Waals surface area contributed by atoms with Gasteiger partial charge in [0.05, 0.1) is 12.1 Å². The van der Waals surface area contributed by atoms with Crippen molar-refractivity contribution in [1.82, 2.24) is 5.32 Å². The number of anilines is 1. The smallest absolute Gasteiger partial charge is 0.409 e. The second kappa shape index (κ2) is 5.46. The lowest BCUT2D eigenvalue weighted by Crippen LogP contribution is -2.58. The number of ether oxygens (including phenoxy) is 1. The maximum atomic E-state index is 13.0. The van der Waals surface area contributed by atoms with E-state index in [0.29, 0.717) is 23.0 Å². The van der Waals surface area contributed by atoms with Crippen LogP contribution in [0.3, 0.4) is 0 Å². The first-order valence-corrected chi connectivity index (χ1v) is 6.19. The summed E-state index contributed by atoms with van der Waals surface area (Å²) < 4.78 is 44.0. The van der Waals surface area contributed by atoms with Gasteiger partial charge in [-0.1, -0.05) is 11.6 Å². The highest BCUT2D eigenvalue weighted by Crippen LogP contribution is 2.34. The monoisotopic (exact) mass is 294 g/mol. The quantitative estimate of drug-likeness (QED) is 0.908. The van der Waals surface area contributed by atoms with Crippen LogP contribution in [0.25, 0.3) is 0 Å². The van der Waals surface area contributed by atoms with Crippen molar-refractivity contribution in [1.29, 1.82) is 0 Å². The van der Waals surface area contributed by atoms with Gasteiger partial charge in [-0.05, 0) is 12.1 Å². The van der Waals surface area contributed by atoms with Gasteiger partial charge in [-0.15, -0.1) is 0 Å². The third kappa shape index (κ3) is 3.06. The van der Waals surface area contributed by atoms with Crippen molar-refractivity contribution < 1.29 is 17.9 Å². The fourth-order valence-corrected chi connectivity index (χ4v) is 2.33. The fraction of sp³-hybridized carbons (Fsp3) is 0.500. The summed E-state index contributed by atoms with van der Waals surface area (Å²) >= 11 is 5.88. The number of nitrogens with one attached hydrogen (secondary N) is 1. The summed E-state index contributed by atoms with van der Waals surface area (Å²) in [5.74, 6) is 0.374. The van der Waals surface area contributed by atoms with Crippen LogP contribution in [-0.2, 0) is 0 Å². The predicted octanol–water partition coefficient (Wildman–Crippen LogP) is 2.69. The molecule has 0 bridgehead atoms. The molecular formula is C12H14ClF3N2O. The molecule has 0 amide bonds. The predicted molar refractivity (Wildman–Crippen MR) is 68.1 cm³/mol. The molecule has 0 aliphatic carbocycles. The van der Waals surface area contributed by atoms with E-state index in [2.05, 4.69) is 5.32 Å². The van der Waals surface area contributed by atoms with E-state index in [9.17, 15) is 13.2 Å². The summed E-state index contributed by atoms with van der Waals surface area (Å²) in [5.41, 5.74) is 0.463. The zero-order chi connectivity index (χ0) is 14.0. The lowest BCUT2D eigenvalue weighted by atomic mass is 10.1. The van der Waals surface area contributed by atoms with Crippen molar-refractivity contribution in [2.75, 3.05) is 31.6 Å². The van der Waals surface area contributed by atoms with Crippen LogP contribution in [0.15, 0.2) is 18.2 Å². The van der Waals surface area contributed by atoms with Crippen molar-refractivity contribution in [2.24, 2.45) is 0 Å². The van der Waals surface area contributed by atoms with Crippen LogP contribution in [-0.4, -0.2) is 39.0 Å². The number of piperazine rings is 1. The number of rotatable bonds is 2. The normalized spacial score (nSPS) is 20.5. The fourth-order valence-electron chi connectivity index (χ4n) is 2.13. The van der Waals surface area contributed by atoms with Crippen LogP contribution in [0.5, 0.6) is 5.75 Å². The molecule has 0 radical (unpaired) electrons. The van der Waals surface area contributed by atoms with Gasteiger partial charge in [0.1, 0.15) is 11.8 Å². The Bertz CT molecular complexity index is 453. The molecule has 106 valence electrons. The molecule has 1 heterocycles. The number of halogens is 4. The first-order valence-electron chi connectivity index (χ1n) is 5.81. The van der Waals surface area contributed by atoms with Gasteiger partial charge in [0, 0.05) is 31.4 Å². The number of hydrogen-bond donors (Lipinski definition) is 1. The molecule has 1 aliphatic rings. The van der Waals surface area contributed by atoms with Crippen molar-refractivity contribution in [3.63, 3.8) is 0 Å². The van der Waals surface area contributed by atoms with Crippen molar-refractivity contribution in [2.45, 2.75) is 12.2 Å². The van der Waals surface area contributed by atoms with Crippen LogP contribution in [0, 0.1) is 0 Å². The van der Waals surface area contributed by atoms with Crippen LogP contribution in [0.4, 0.5) is 18.9 Å². The second-order valence-corrected chi connectivity index (χ2v) is 4.68. The van der Waals surface area contributed by atoms with Crippen molar-refractivity contribution >= 4 is 17.3 Å². The zero-order valence-corrected chi connectivity index (χ0v) is 11.1. The molecular weight excluding hydrogens is 281 g/mol. The summed E-state index contributed by atoms with van der Waals surface area (Å²) in [4.78, 5) is 1.33. The molecule has 7 heteroatoms. The molecule has 2 rings (SSSR count). The van der Waals surface area contributed by atoms with Crippen LogP contribution in [0.2, 0.25) is 5.02 Å². The summed E-state index contributed by atoms with van der Waals surface area (Å²) in [6.07, 6.45) is -4.28. The Balaban J connectivity index is 2.32. The third-order valence-corrected chi connectivity index (χ3v) is 3.40.